The van der Waals surface area contributed by atoms with E-state index in [9.17, 15) is 14.4 Å². The Morgan fingerprint density at radius 3 is 1.50 bits per heavy atom. The van der Waals surface area contributed by atoms with E-state index in [1.54, 1.807) is 22.7 Å². The van der Waals surface area contributed by atoms with E-state index in [0.717, 1.165) is 70.9 Å². The molecule has 4 bridgehead atoms. The number of carbonyl (C=O) groups excluding carboxylic acids is 3. The number of hydrogen-bond donors (Lipinski definition) is 1. The number of rotatable bonds is 10. The molecule has 3 amide bonds. The highest BCUT2D eigenvalue weighted by molar-refractivity contribution is 7.16. The van der Waals surface area contributed by atoms with Crippen molar-refractivity contribution in [1.29, 1.82) is 0 Å². The van der Waals surface area contributed by atoms with Crippen LogP contribution in [0.15, 0.2) is 91.0 Å². The first-order valence-electron chi connectivity index (χ1n) is 24.2. The molecule has 0 spiro atoms. The zero-order chi connectivity index (χ0) is 47.0. The van der Waals surface area contributed by atoms with Crippen LogP contribution in [0.2, 0.25) is 0 Å². The van der Waals surface area contributed by atoms with Gasteiger partial charge in [0.05, 0.1) is 24.5 Å². The molecule has 8 heterocycles. The molecule has 2 aromatic heterocycles. The Kier molecular flexibility index (Phi) is 13.1. The van der Waals surface area contributed by atoms with Gasteiger partial charge < -0.3 is 44.0 Å². The third-order valence-electron chi connectivity index (χ3n) is 14.0. The van der Waals surface area contributed by atoms with Gasteiger partial charge in [-0.25, -0.2) is 14.8 Å². The number of aromatic nitrogens is 2. The fourth-order valence-electron chi connectivity index (χ4n) is 10.6. The first kappa shape index (κ1) is 46.0. The number of piperazine rings is 2. The molecule has 4 saturated heterocycles. The van der Waals surface area contributed by atoms with Crippen LogP contribution < -0.4 is 24.6 Å². The van der Waals surface area contributed by atoms with Crippen LogP contribution >= 0.6 is 22.7 Å². The lowest BCUT2D eigenvalue weighted by atomic mass is 10.1. The Labute approximate surface area is 407 Å². The molecule has 6 aliphatic rings. The third kappa shape index (κ3) is 9.77. The molecule has 16 heteroatoms. The summed E-state index contributed by atoms with van der Waals surface area (Å²) in [4.78, 5) is 62.5. The first-order chi connectivity index (χ1) is 32.9. The highest BCUT2D eigenvalue weighted by Gasteiger charge is 2.45. The summed E-state index contributed by atoms with van der Waals surface area (Å²) in [7, 11) is 0. The molecule has 0 aliphatic carbocycles. The average Bonchev–Trinajstić information content (AvgIpc) is 4.09. The van der Waals surface area contributed by atoms with E-state index >= 15 is 0 Å². The molecule has 0 saturated carbocycles. The van der Waals surface area contributed by atoms with Crippen LogP contribution in [0.3, 0.4) is 0 Å². The molecular weight excluding hydrogens is 897 g/mol. The van der Waals surface area contributed by atoms with Gasteiger partial charge in [-0.05, 0) is 83.2 Å². The quantitative estimate of drug-likeness (QED) is 0.148. The molecule has 4 fully saturated rings. The summed E-state index contributed by atoms with van der Waals surface area (Å²) in [5.41, 5.74) is 1.39. The summed E-state index contributed by atoms with van der Waals surface area (Å²) in [6, 6.07) is 30.4. The van der Waals surface area contributed by atoms with Crippen LogP contribution in [-0.4, -0.2) is 117 Å². The molecule has 11 rings (SSSR count). The molecular formula is C52H62N8O6S2. The van der Waals surface area contributed by atoms with Crippen molar-refractivity contribution in [2.75, 3.05) is 49.1 Å². The molecule has 14 nitrogen and oxygen atoms in total. The van der Waals surface area contributed by atoms with Crippen molar-refractivity contribution >= 4 is 50.8 Å². The van der Waals surface area contributed by atoms with Crippen LogP contribution in [0.4, 0.5) is 15.1 Å². The molecule has 0 radical (unpaired) electrons. The summed E-state index contributed by atoms with van der Waals surface area (Å²) in [6.07, 6.45) is 5.87. The van der Waals surface area contributed by atoms with E-state index in [1.807, 2.05) is 133 Å². The molecule has 5 aromatic rings. The standard InChI is InChI=1S/C30H34N4O4S.C22H28N4O2S/c1-30(2,38-24-11-7-4-8-12-24)27(35)32-16-15-25-26(19-32)39-28(31-25)34-22-13-14-23(34)18-33(17-22)29(36)37-20-21-9-5-3-6-10-21;1-22(2,28-17-6-4-3-5-7-17)20(27)25-11-10-18-19(14-25)29-21(24-18)26-15-8-9-16(26)13-23-12-15/h3-12,22-23H,13-20H2,1-2H3;3-7,15-16,23H,8-14H2,1-2H3. The lowest BCUT2D eigenvalue weighted by Gasteiger charge is -2.40. The largest absolute Gasteiger partial charge is 0.478 e. The zero-order valence-corrected chi connectivity index (χ0v) is 41.1. The number of benzene rings is 3. The fraction of sp³-hybridized carbons (Fsp3) is 0.481. The van der Waals surface area contributed by atoms with Crippen molar-refractivity contribution in [2.45, 2.75) is 121 Å². The van der Waals surface area contributed by atoms with Gasteiger partial charge in [0.2, 0.25) is 0 Å². The fourth-order valence-corrected chi connectivity index (χ4v) is 13.1. The number of anilines is 2. The smallest absolute Gasteiger partial charge is 0.410 e. The molecule has 6 aliphatic heterocycles. The molecule has 68 heavy (non-hydrogen) atoms. The summed E-state index contributed by atoms with van der Waals surface area (Å²) >= 11 is 3.47. The van der Waals surface area contributed by atoms with Gasteiger partial charge in [-0.1, -0.05) is 89.4 Å². The van der Waals surface area contributed by atoms with Gasteiger partial charge in [0.1, 0.15) is 18.1 Å². The van der Waals surface area contributed by atoms with E-state index in [2.05, 4.69) is 15.1 Å². The molecule has 358 valence electrons. The Balaban J connectivity index is 0.000000165. The zero-order valence-electron chi connectivity index (χ0n) is 39.5. The minimum absolute atomic E-state index is 0.0188. The number of nitrogens with one attached hydrogen (secondary N) is 1. The number of amides is 3. The predicted molar refractivity (Wildman–Crippen MR) is 264 cm³/mol. The van der Waals surface area contributed by atoms with Crippen LogP contribution in [0.1, 0.15) is 80.1 Å². The van der Waals surface area contributed by atoms with Crippen molar-refractivity contribution in [3.05, 3.63) is 118 Å². The van der Waals surface area contributed by atoms with Crippen LogP contribution in [-0.2, 0) is 46.9 Å². The predicted octanol–water partition coefficient (Wildman–Crippen LogP) is 7.70. The molecule has 1 N–H and O–H groups in total. The van der Waals surface area contributed by atoms with Gasteiger partial charge in [0.15, 0.2) is 21.5 Å². The number of ether oxygens (including phenoxy) is 3. The van der Waals surface area contributed by atoms with E-state index in [4.69, 9.17) is 24.2 Å². The number of carbonyl (C=O) groups is 3. The highest BCUT2D eigenvalue weighted by Crippen LogP contribution is 2.41. The van der Waals surface area contributed by atoms with Crippen LogP contribution in [0.5, 0.6) is 11.5 Å². The molecule has 4 unspecified atom stereocenters. The molecule has 3 aromatic carbocycles. The minimum Gasteiger partial charge on any atom is -0.478 e. The summed E-state index contributed by atoms with van der Waals surface area (Å²) in [6.45, 7) is 13.6. The molecule has 4 atom stereocenters. The van der Waals surface area contributed by atoms with Crippen molar-refractivity contribution in [3.8, 4) is 11.5 Å². The number of nitrogens with zero attached hydrogens (tertiary/aromatic N) is 7. The maximum atomic E-state index is 13.4. The third-order valence-corrected chi connectivity index (χ3v) is 16.2. The summed E-state index contributed by atoms with van der Waals surface area (Å²) in [5, 5.41) is 5.70. The van der Waals surface area contributed by atoms with Crippen molar-refractivity contribution < 1.29 is 28.6 Å². The van der Waals surface area contributed by atoms with E-state index in [-0.39, 0.29) is 36.6 Å². The Hall–Kier alpha value is -5.71. The van der Waals surface area contributed by atoms with E-state index in [0.29, 0.717) is 57.1 Å². The maximum Gasteiger partial charge on any atom is 0.410 e. The topological polar surface area (TPSA) is 133 Å². The minimum atomic E-state index is -0.961. The Morgan fingerprint density at radius 1 is 0.603 bits per heavy atom. The summed E-state index contributed by atoms with van der Waals surface area (Å²) < 4.78 is 17.7. The van der Waals surface area contributed by atoms with Gasteiger partial charge in [-0.2, -0.15) is 0 Å². The highest BCUT2D eigenvalue weighted by atomic mass is 32.1. The lowest BCUT2D eigenvalue weighted by Crippen LogP contribution is -2.55. The Bertz CT molecular complexity index is 2540. The summed E-state index contributed by atoms with van der Waals surface area (Å²) in [5.74, 6) is 1.42. The Morgan fingerprint density at radius 2 is 1.03 bits per heavy atom. The van der Waals surface area contributed by atoms with E-state index in [1.165, 1.54) is 23.4 Å². The van der Waals surface area contributed by atoms with Crippen LogP contribution in [0, 0.1) is 0 Å². The average molecular weight is 959 g/mol. The van der Waals surface area contributed by atoms with Gasteiger partial charge in [-0.15, -0.1) is 0 Å². The number of fused-ring (bicyclic) bond motifs is 6. The van der Waals surface area contributed by atoms with Crippen molar-refractivity contribution in [1.82, 2.24) is 30.0 Å². The number of hydrogen-bond acceptors (Lipinski definition) is 13. The number of para-hydroxylation sites is 2. The monoisotopic (exact) mass is 958 g/mol. The van der Waals surface area contributed by atoms with Crippen molar-refractivity contribution in [2.24, 2.45) is 0 Å². The second kappa shape index (κ2) is 19.4. The second-order valence-electron chi connectivity index (χ2n) is 19.7. The number of likely N-dealkylation sites (tertiary alicyclic amines) is 1. The SMILES string of the molecule is CC(C)(Oc1ccccc1)C(=O)N1CCc2nc(N3C4CCC3CN(C(=O)OCc3ccccc3)C4)sc2C1.CC(C)(Oc1ccccc1)C(=O)N1CCc2nc(N3C4CCC3CNC4)sc2C1. The van der Waals surface area contributed by atoms with Gasteiger partial charge in [0, 0.05) is 86.0 Å². The van der Waals surface area contributed by atoms with Gasteiger partial charge >= 0.3 is 6.09 Å². The number of thiazole rings is 2. The first-order valence-corrected chi connectivity index (χ1v) is 25.8. The van der Waals surface area contributed by atoms with Crippen molar-refractivity contribution in [3.63, 3.8) is 0 Å². The normalized spacial score (nSPS) is 21.9. The second-order valence-corrected chi connectivity index (χ2v) is 21.8. The lowest BCUT2D eigenvalue weighted by molar-refractivity contribution is -0.146. The maximum absolute atomic E-state index is 13.4. The van der Waals surface area contributed by atoms with Crippen LogP contribution in [0.25, 0.3) is 0 Å². The van der Waals surface area contributed by atoms with Gasteiger partial charge in [0.25, 0.3) is 11.8 Å². The van der Waals surface area contributed by atoms with Gasteiger partial charge in [-0.3, -0.25) is 9.59 Å². The van der Waals surface area contributed by atoms with E-state index < -0.39 is 11.2 Å².